The third-order valence-electron chi connectivity index (χ3n) is 6.48. The maximum absolute atomic E-state index is 16.1. The van der Waals surface area contributed by atoms with Crippen molar-refractivity contribution in [2.75, 3.05) is 53.0 Å². The second-order valence-electron chi connectivity index (χ2n) is 8.79. The Labute approximate surface area is 208 Å². The minimum Gasteiger partial charge on any atom is -0.486 e. The minimum absolute atomic E-state index is 0.119. The zero-order valence-electron chi connectivity index (χ0n) is 19.1. The van der Waals surface area contributed by atoms with Crippen LogP contribution in [0.5, 0.6) is 11.5 Å². The molecule has 0 bridgehead atoms. The number of sulfonamides is 1. The van der Waals surface area contributed by atoms with Crippen LogP contribution >= 0.6 is 11.6 Å². The molecule has 5 rings (SSSR count). The van der Waals surface area contributed by atoms with Crippen molar-refractivity contribution in [2.24, 2.45) is 0 Å². The number of carbonyl (C=O) groups is 1. The fraction of sp³-hybridized carbons (Fsp3) is 0.375. The van der Waals surface area contributed by atoms with Crippen LogP contribution in [0.15, 0.2) is 58.5 Å². The van der Waals surface area contributed by atoms with Crippen molar-refractivity contribution in [3.63, 3.8) is 0 Å². The molecule has 0 aromatic heterocycles. The number of nitrogens with one attached hydrogen (secondary N) is 1. The predicted octanol–water partition coefficient (Wildman–Crippen LogP) is 2.34. The lowest BCUT2D eigenvalue weighted by atomic mass is 9.94. The monoisotopic (exact) mass is 521 g/mol. The molecule has 0 saturated carbocycles. The van der Waals surface area contributed by atoms with Gasteiger partial charge in [0, 0.05) is 49.4 Å². The lowest BCUT2D eigenvalue weighted by Gasteiger charge is -2.31. The van der Waals surface area contributed by atoms with Gasteiger partial charge in [0.15, 0.2) is 11.5 Å². The molecule has 1 amide bonds. The average molecular weight is 522 g/mol. The fourth-order valence-electron chi connectivity index (χ4n) is 4.72. The smallest absolute Gasteiger partial charge is 0.266 e. The van der Waals surface area contributed by atoms with Gasteiger partial charge in [0.1, 0.15) is 13.2 Å². The molecule has 0 aliphatic carbocycles. The number of ether oxygens (including phenoxy) is 2. The summed E-state index contributed by atoms with van der Waals surface area (Å²) in [6.07, 6.45) is 0. The van der Waals surface area contributed by atoms with Crippen molar-refractivity contribution < 1.29 is 27.1 Å². The Morgan fingerprint density at radius 2 is 1.74 bits per heavy atom. The van der Waals surface area contributed by atoms with Gasteiger partial charge in [-0.3, -0.25) is 4.79 Å². The summed E-state index contributed by atoms with van der Waals surface area (Å²) in [5.74, 6) is 0.241. The Morgan fingerprint density at radius 1 is 1.06 bits per heavy atom. The van der Waals surface area contributed by atoms with Crippen LogP contribution in [0, 0.1) is 0 Å². The van der Waals surface area contributed by atoms with E-state index in [1.54, 1.807) is 31.3 Å². The normalized spacial score (nSPS) is 19.6. The molecule has 35 heavy (non-hydrogen) atoms. The fourth-order valence-corrected chi connectivity index (χ4v) is 6.36. The quantitative estimate of drug-likeness (QED) is 0.587. The highest BCUT2D eigenvalue weighted by molar-refractivity contribution is 7.89. The Hall–Kier alpha value is -2.66. The maximum Gasteiger partial charge on any atom is 0.266 e. The van der Waals surface area contributed by atoms with E-state index in [2.05, 4.69) is 5.32 Å². The summed E-state index contributed by atoms with van der Waals surface area (Å²) >= 11 is 6.04. The zero-order valence-corrected chi connectivity index (χ0v) is 20.7. The van der Waals surface area contributed by atoms with Gasteiger partial charge in [-0.05, 0) is 42.5 Å². The summed E-state index contributed by atoms with van der Waals surface area (Å²) in [6.45, 7) is 1.23. The summed E-state index contributed by atoms with van der Waals surface area (Å²) in [5.41, 5.74) is -0.481. The molecule has 0 unspecified atom stereocenters. The molecular formula is C24H25ClFN3O5S. The van der Waals surface area contributed by atoms with E-state index in [-0.39, 0.29) is 43.2 Å². The van der Waals surface area contributed by atoms with Gasteiger partial charge in [-0.2, -0.15) is 4.31 Å². The van der Waals surface area contributed by atoms with Crippen molar-refractivity contribution >= 4 is 27.5 Å². The number of nitrogens with zero attached hydrogens (tertiary/aromatic N) is 2. The van der Waals surface area contributed by atoms with Gasteiger partial charge in [0.2, 0.25) is 15.7 Å². The number of alkyl halides is 1. The predicted molar refractivity (Wildman–Crippen MR) is 128 cm³/mol. The average Bonchev–Trinajstić information content (AvgIpc) is 3.43. The highest BCUT2D eigenvalue weighted by Gasteiger charge is 2.46. The maximum atomic E-state index is 16.1. The molecule has 0 fully saturated rings. The van der Waals surface area contributed by atoms with Crippen molar-refractivity contribution in [3.05, 3.63) is 64.2 Å². The summed E-state index contributed by atoms with van der Waals surface area (Å²) in [7, 11) is -2.20. The molecule has 3 aliphatic heterocycles. The molecule has 11 heteroatoms. The van der Waals surface area contributed by atoms with E-state index < -0.39 is 21.6 Å². The Kier molecular flexibility index (Phi) is 6.25. The van der Waals surface area contributed by atoms with Gasteiger partial charge in [0.25, 0.3) is 5.91 Å². The first kappa shape index (κ1) is 24.1. The van der Waals surface area contributed by atoms with Crippen molar-refractivity contribution in [2.45, 2.75) is 10.6 Å². The molecule has 2 aromatic rings. The summed E-state index contributed by atoms with van der Waals surface area (Å²) < 4.78 is 55.0. The number of halogens is 2. The third kappa shape index (κ3) is 4.29. The molecule has 0 spiro atoms. The number of benzene rings is 2. The van der Waals surface area contributed by atoms with E-state index in [4.69, 9.17) is 21.1 Å². The summed E-state index contributed by atoms with van der Waals surface area (Å²) in [5, 5.41) is 3.10. The number of fused-ring (bicyclic) bond motifs is 1. The van der Waals surface area contributed by atoms with Crippen LogP contribution in [0.4, 0.5) is 4.39 Å². The topological polar surface area (TPSA) is 88.2 Å². The standard InChI is InChI=1S/C24H25ClFN3O5S/c1-27-15-24(26,18-3-2-4-19(25)9-18)23(30)28-11-16-13-29(14-17(16)12-28)35(31,32)20-5-6-21-22(10-20)34-8-7-33-21/h2-6,9-10,27H,7-8,11-15H2,1H3/t24-/m0/s1. The second kappa shape index (κ2) is 9.09. The molecule has 0 saturated heterocycles. The number of rotatable bonds is 6. The van der Waals surface area contributed by atoms with Crippen LogP contribution in [-0.2, 0) is 20.5 Å². The first-order chi connectivity index (χ1) is 16.7. The molecule has 1 atom stereocenters. The third-order valence-corrected chi connectivity index (χ3v) is 8.50. The highest BCUT2D eigenvalue weighted by Crippen LogP contribution is 2.37. The number of carbonyl (C=O) groups excluding carboxylic acids is 1. The molecule has 3 heterocycles. The van der Waals surface area contributed by atoms with E-state index in [9.17, 15) is 13.2 Å². The molecule has 186 valence electrons. The minimum atomic E-state index is -3.78. The largest absolute Gasteiger partial charge is 0.486 e. The van der Waals surface area contributed by atoms with Crippen molar-refractivity contribution in [1.29, 1.82) is 0 Å². The van der Waals surface area contributed by atoms with Crippen molar-refractivity contribution in [3.8, 4) is 11.5 Å². The van der Waals surface area contributed by atoms with Gasteiger partial charge < -0.3 is 19.7 Å². The van der Waals surface area contributed by atoms with Crippen molar-refractivity contribution in [1.82, 2.24) is 14.5 Å². The van der Waals surface area contributed by atoms with Gasteiger partial charge in [0.05, 0.1) is 4.90 Å². The lowest BCUT2D eigenvalue weighted by molar-refractivity contribution is -0.143. The SMILES string of the molecule is CNC[C@@](F)(C(=O)N1CC2=C(C1)CN(S(=O)(=O)c1ccc3c(c1)OCCO3)C2)c1cccc(Cl)c1. The Balaban J connectivity index is 1.30. The van der Waals surface area contributed by atoms with Crippen LogP contribution in [0.3, 0.4) is 0 Å². The zero-order chi connectivity index (χ0) is 24.8. The molecule has 3 aliphatic rings. The molecule has 2 aromatic carbocycles. The van der Waals surface area contributed by atoms with E-state index in [0.29, 0.717) is 29.7 Å². The number of likely N-dealkylation sites (N-methyl/N-ethyl adjacent to an activating group) is 1. The first-order valence-corrected chi connectivity index (χ1v) is 13.0. The Bertz CT molecular complexity index is 1300. The van der Waals surface area contributed by atoms with Crippen LogP contribution < -0.4 is 14.8 Å². The van der Waals surface area contributed by atoms with Gasteiger partial charge in [-0.15, -0.1) is 0 Å². The summed E-state index contributed by atoms with van der Waals surface area (Å²) in [4.78, 5) is 14.9. The van der Waals surface area contributed by atoms with Crippen LogP contribution in [-0.4, -0.2) is 76.5 Å². The van der Waals surface area contributed by atoms with Crippen LogP contribution in [0.1, 0.15) is 5.56 Å². The van der Waals surface area contributed by atoms with E-state index in [0.717, 1.165) is 11.1 Å². The van der Waals surface area contributed by atoms with E-state index in [1.807, 2.05) is 0 Å². The molecule has 0 radical (unpaired) electrons. The number of hydrogen-bond acceptors (Lipinski definition) is 6. The van der Waals surface area contributed by atoms with Crippen LogP contribution in [0.25, 0.3) is 0 Å². The van der Waals surface area contributed by atoms with Gasteiger partial charge in [-0.25, -0.2) is 12.8 Å². The molecule has 8 nitrogen and oxygen atoms in total. The molecule has 1 N–H and O–H groups in total. The second-order valence-corrected chi connectivity index (χ2v) is 11.2. The summed E-state index contributed by atoms with van der Waals surface area (Å²) in [6, 6.07) is 10.8. The molecular weight excluding hydrogens is 497 g/mol. The van der Waals surface area contributed by atoms with Gasteiger partial charge >= 0.3 is 0 Å². The first-order valence-electron chi connectivity index (χ1n) is 11.2. The van der Waals surface area contributed by atoms with Gasteiger partial charge in [-0.1, -0.05) is 23.7 Å². The lowest BCUT2D eigenvalue weighted by Crippen LogP contribution is -2.49. The Morgan fingerprint density at radius 3 is 2.40 bits per heavy atom. The van der Waals surface area contributed by atoms with E-state index in [1.165, 1.54) is 27.4 Å². The van der Waals surface area contributed by atoms with E-state index >= 15 is 4.39 Å². The number of hydrogen-bond donors (Lipinski definition) is 1. The number of amides is 1. The highest BCUT2D eigenvalue weighted by atomic mass is 35.5. The van der Waals surface area contributed by atoms with Crippen LogP contribution in [0.2, 0.25) is 5.02 Å².